The Morgan fingerprint density at radius 3 is 2.13 bits per heavy atom. The number of hydrogen-bond donors (Lipinski definition) is 5. The zero-order chi connectivity index (χ0) is 39.3. The zero-order valence-corrected chi connectivity index (χ0v) is 34.9. The Balaban J connectivity index is 1.47. The summed E-state index contributed by atoms with van der Waals surface area (Å²) in [6.07, 6.45) is 15.0. The van der Waals surface area contributed by atoms with Gasteiger partial charge in [0.2, 0.25) is 5.78 Å². The molecule has 1 heterocycles. The van der Waals surface area contributed by atoms with Crippen LogP contribution in [0.2, 0.25) is 0 Å². The van der Waals surface area contributed by atoms with Crippen LogP contribution < -0.4 is 25.6 Å². The summed E-state index contributed by atoms with van der Waals surface area (Å²) in [4.78, 5) is 58.3. The molecule has 1 saturated heterocycles. The van der Waals surface area contributed by atoms with Crippen LogP contribution in [-0.4, -0.2) is 86.0 Å². The lowest BCUT2D eigenvalue weighted by Gasteiger charge is -2.45. The minimum absolute atomic E-state index is 0.0712. The van der Waals surface area contributed by atoms with E-state index >= 15 is 4.79 Å². The van der Waals surface area contributed by atoms with Gasteiger partial charge in [-0.25, -0.2) is 9.10 Å². The maximum atomic E-state index is 15.4. The Morgan fingerprint density at radius 1 is 0.907 bits per heavy atom. The first-order chi connectivity index (χ1) is 25.6. The predicted octanol–water partition coefficient (Wildman–Crippen LogP) is 4.31. The lowest BCUT2D eigenvalue weighted by Crippen LogP contribution is -3.11. The number of carbonyl (C=O) groups excluding carboxylic acids is 4. The summed E-state index contributed by atoms with van der Waals surface area (Å²) in [5.41, 5.74) is -0.489. The quantitative estimate of drug-likeness (QED) is 0.130. The molecule has 0 aromatic rings. The maximum absolute atomic E-state index is 15.4. The van der Waals surface area contributed by atoms with Crippen molar-refractivity contribution in [1.29, 1.82) is 0 Å². The molecule has 1 aliphatic heterocycles. The lowest BCUT2D eigenvalue weighted by atomic mass is 9.72. The number of hydrogen-bond acceptors (Lipinski definition) is 7. The average molecular weight is 776 g/mol. The van der Waals surface area contributed by atoms with Crippen LogP contribution in [0, 0.1) is 23.7 Å². The van der Waals surface area contributed by atoms with E-state index in [0.717, 1.165) is 101 Å². The number of amides is 4. The van der Waals surface area contributed by atoms with Crippen molar-refractivity contribution < 1.29 is 31.9 Å². The van der Waals surface area contributed by atoms with E-state index < -0.39 is 44.9 Å². The van der Waals surface area contributed by atoms with Gasteiger partial charge in [-0.1, -0.05) is 72.1 Å². The standard InChI is InChI=1S/C41H70N6O6S/c1-7-41(32-15-11-9-12-16-32,45-39(51)44-40(22-13-10-14-23-40)27-54(52,53)46(6)8-2)38(50)47-24-21-31(25-28(3)4)35(47)29(5)42-34(26-30-17-18-30)36(48)37(49)43-33-19-20-33/h28,30-34,42H,7-27H2,1-6H3,(H,43,49)(H2,44,45,51)/p+1. The van der Waals surface area contributed by atoms with Crippen molar-refractivity contribution >= 4 is 33.7 Å². The van der Waals surface area contributed by atoms with Crippen molar-refractivity contribution in [3.8, 4) is 0 Å². The first-order valence-corrected chi connectivity index (χ1v) is 23.1. The average Bonchev–Trinajstić information content (AvgIpc) is 4.08. The minimum Gasteiger partial charge on any atom is -0.377 e. The Kier molecular flexibility index (Phi) is 14.2. The molecule has 13 heteroatoms. The Morgan fingerprint density at radius 2 is 1.56 bits per heavy atom. The molecule has 306 valence electrons. The molecule has 4 unspecified atom stereocenters. The number of carbonyl (C=O) groups is 4. The highest BCUT2D eigenvalue weighted by Crippen LogP contribution is 2.42. The van der Waals surface area contributed by atoms with E-state index in [9.17, 15) is 22.8 Å². The van der Waals surface area contributed by atoms with Gasteiger partial charge in [-0.3, -0.25) is 14.4 Å². The van der Waals surface area contributed by atoms with Crippen molar-refractivity contribution in [1.82, 2.24) is 26.2 Å². The molecule has 12 nitrogen and oxygen atoms in total. The molecule has 0 radical (unpaired) electrons. The van der Waals surface area contributed by atoms with Crippen LogP contribution >= 0.6 is 0 Å². The van der Waals surface area contributed by atoms with Gasteiger partial charge in [-0.15, -0.1) is 0 Å². The number of rotatable bonds is 18. The van der Waals surface area contributed by atoms with E-state index in [1.165, 1.54) is 0 Å². The van der Waals surface area contributed by atoms with Gasteiger partial charge >= 0.3 is 6.03 Å². The molecule has 0 bridgehead atoms. The molecule has 0 spiro atoms. The lowest BCUT2D eigenvalue weighted by molar-refractivity contribution is -0.740. The van der Waals surface area contributed by atoms with Crippen molar-refractivity contribution in [2.24, 2.45) is 23.7 Å². The van der Waals surface area contributed by atoms with Gasteiger partial charge in [0.1, 0.15) is 11.3 Å². The highest BCUT2D eigenvalue weighted by atomic mass is 32.2. The second-order valence-electron chi connectivity index (χ2n) is 18.0. The summed E-state index contributed by atoms with van der Waals surface area (Å²) >= 11 is 0. The van der Waals surface area contributed by atoms with Crippen LogP contribution in [0.3, 0.4) is 0 Å². The number of likely N-dealkylation sites (tertiary alicyclic amines) is 1. The first kappa shape index (κ1) is 42.5. The third kappa shape index (κ3) is 10.4. The van der Waals surface area contributed by atoms with Crippen LogP contribution in [0.5, 0.6) is 0 Å². The first-order valence-electron chi connectivity index (χ1n) is 21.4. The summed E-state index contributed by atoms with van der Waals surface area (Å²) in [5.74, 6) is -0.480. The second kappa shape index (κ2) is 18.1. The van der Waals surface area contributed by atoms with E-state index in [-0.39, 0.29) is 29.5 Å². The van der Waals surface area contributed by atoms with Crippen LogP contribution in [0.1, 0.15) is 150 Å². The fourth-order valence-electron chi connectivity index (χ4n) is 9.59. The molecule has 5 rings (SSSR count). The van der Waals surface area contributed by atoms with Crippen molar-refractivity contribution in [3.63, 3.8) is 0 Å². The number of Topliss-reactive ketones (excluding diaryl/α,β-unsaturated/α-hetero) is 1. The summed E-state index contributed by atoms with van der Waals surface area (Å²) in [5, 5.41) is 12.8. The van der Waals surface area contributed by atoms with Gasteiger partial charge in [0.25, 0.3) is 21.8 Å². The molecule has 0 aromatic carbocycles. The van der Waals surface area contributed by atoms with Gasteiger partial charge in [-0.2, -0.15) is 8.42 Å². The fraction of sp³-hybridized carbons (Fsp3) is 0.854. The topological polar surface area (TPSA) is 158 Å². The van der Waals surface area contributed by atoms with Gasteiger partial charge in [0, 0.05) is 29.9 Å². The van der Waals surface area contributed by atoms with Crippen LogP contribution in [0.25, 0.3) is 0 Å². The van der Waals surface area contributed by atoms with Crippen LogP contribution in [0.4, 0.5) is 4.79 Å². The Hall–Kier alpha value is -2.67. The third-order valence-corrected chi connectivity index (χ3v) is 15.4. The van der Waals surface area contributed by atoms with Gasteiger partial charge in [0.05, 0.1) is 25.2 Å². The summed E-state index contributed by atoms with van der Waals surface area (Å²) in [6.45, 7) is 11.0. The number of nitrogens with zero attached hydrogens (tertiary/aromatic N) is 1. The van der Waals surface area contributed by atoms with Crippen LogP contribution in [0.15, 0.2) is 11.4 Å². The molecule has 4 atom stereocenters. The molecule has 4 amide bonds. The van der Waals surface area contributed by atoms with Crippen molar-refractivity contribution in [3.05, 3.63) is 11.4 Å². The van der Waals surface area contributed by atoms with Gasteiger partial charge < -0.3 is 26.2 Å². The minimum atomic E-state index is -3.54. The van der Waals surface area contributed by atoms with Crippen molar-refractivity contribution in [2.75, 3.05) is 25.9 Å². The number of quaternary nitrogens is 1. The highest BCUT2D eigenvalue weighted by molar-refractivity contribution is 7.85. The number of sulfonamides is 1. The molecule has 54 heavy (non-hydrogen) atoms. The number of urea groups is 1. The molecule has 0 aromatic heterocycles. The molecular weight excluding hydrogens is 705 g/mol. The molecule has 5 N–H and O–H groups in total. The second-order valence-corrected chi connectivity index (χ2v) is 20.2. The molecule has 4 saturated carbocycles. The summed E-state index contributed by atoms with van der Waals surface area (Å²) in [6, 6.07) is -1.06. The normalized spacial score (nSPS) is 25.3. The van der Waals surface area contributed by atoms with Crippen LogP contribution in [-0.2, 0) is 24.4 Å². The number of allylic oxidation sites excluding steroid dienone is 2. The highest BCUT2D eigenvalue weighted by Gasteiger charge is 2.51. The van der Waals surface area contributed by atoms with E-state index in [0.29, 0.717) is 54.9 Å². The molecule has 4 aliphatic carbocycles. The summed E-state index contributed by atoms with van der Waals surface area (Å²) < 4.78 is 27.3. The van der Waals surface area contributed by atoms with Gasteiger partial charge in [-0.05, 0) is 95.8 Å². The molecular formula is C41H71N6O6S+. The number of ketones is 1. The largest absolute Gasteiger partial charge is 0.377 e. The van der Waals surface area contributed by atoms with E-state index in [4.69, 9.17) is 0 Å². The maximum Gasteiger partial charge on any atom is 0.316 e. The summed E-state index contributed by atoms with van der Waals surface area (Å²) in [7, 11) is -1.88. The Bertz CT molecular complexity index is 1490. The van der Waals surface area contributed by atoms with Crippen molar-refractivity contribution in [2.45, 2.75) is 173 Å². The van der Waals surface area contributed by atoms with E-state index in [1.807, 2.05) is 25.7 Å². The third-order valence-electron chi connectivity index (χ3n) is 13.1. The molecule has 5 fully saturated rings. The predicted molar refractivity (Wildman–Crippen MR) is 211 cm³/mol. The van der Waals surface area contributed by atoms with E-state index in [2.05, 4.69) is 35.1 Å². The zero-order valence-electron chi connectivity index (χ0n) is 34.1. The fourth-order valence-corrected chi connectivity index (χ4v) is 11.4. The van der Waals surface area contributed by atoms with Gasteiger partial charge in [0.15, 0.2) is 0 Å². The smallest absolute Gasteiger partial charge is 0.316 e. The van der Waals surface area contributed by atoms with E-state index in [1.54, 1.807) is 7.05 Å². The monoisotopic (exact) mass is 776 g/mol. The Labute approximate surface area is 325 Å². The number of nitrogens with one attached hydrogen (secondary N) is 5. The SMILES string of the molecule is CC[NH+](C)S(=O)(=O)CC1(NC(=O)NC(CC)(C(=O)N2CCC(CC(C)C)C2=C(C)NC(CC2CC2)C(=O)C(=O)NC2CC2)C2CCCCC2)CCCCC1. The molecule has 5 aliphatic rings.